The number of ether oxygens (including phenoxy) is 1. The summed E-state index contributed by atoms with van der Waals surface area (Å²) in [5.74, 6) is -1.34. The number of rotatable bonds is 6. The second-order valence-corrected chi connectivity index (χ2v) is 6.59. The van der Waals surface area contributed by atoms with Crippen LogP contribution >= 0.6 is 15.9 Å². The Morgan fingerprint density at radius 2 is 1.88 bits per heavy atom. The van der Waals surface area contributed by atoms with E-state index in [1.165, 1.54) is 12.1 Å². The van der Waals surface area contributed by atoms with Gasteiger partial charge in [0.25, 0.3) is 5.91 Å². The third kappa shape index (κ3) is 5.32. The molecule has 0 heterocycles. The Bertz CT molecular complexity index is 759. The number of nitrogens with one attached hydrogen (secondary N) is 1. The highest BCUT2D eigenvalue weighted by Gasteiger charge is 2.17. The van der Waals surface area contributed by atoms with Crippen molar-refractivity contribution in [1.82, 2.24) is 5.32 Å². The number of carbonyl (C=O) groups excluding carboxylic acids is 2. The number of hydrogen-bond donors (Lipinski definition) is 2. The number of aryl methyl sites for hydroxylation is 1. The van der Waals surface area contributed by atoms with Crippen LogP contribution in [0, 0.1) is 6.92 Å². The number of benzene rings is 2. The third-order valence-electron chi connectivity index (χ3n) is 3.74. The minimum Gasteiger partial charge on any atom is -0.507 e. The Labute approximate surface area is 155 Å². The van der Waals surface area contributed by atoms with Crippen molar-refractivity contribution in [3.63, 3.8) is 0 Å². The van der Waals surface area contributed by atoms with Crippen molar-refractivity contribution in [3.8, 4) is 5.75 Å². The average molecular weight is 406 g/mol. The summed E-state index contributed by atoms with van der Waals surface area (Å²) in [6.45, 7) is 3.56. The Morgan fingerprint density at radius 1 is 1.20 bits per heavy atom. The predicted molar refractivity (Wildman–Crippen MR) is 98.4 cm³/mol. The fraction of sp³-hybridized carbons (Fsp3) is 0.263. The molecule has 5 nitrogen and oxygen atoms in total. The molecule has 1 atom stereocenters. The largest absolute Gasteiger partial charge is 0.507 e. The van der Waals surface area contributed by atoms with Crippen LogP contribution in [0.3, 0.4) is 0 Å². The van der Waals surface area contributed by atoms with Gasteiger partial charge in [0.15, 0.2) is 6.61 Å². The van der Waals surface area contributed by atoms with Gasteiger partial charge in [0, 0.05) is 4.47 Å². The van der Waals surface area contributed by atoms with Gasteiger partial charge in [0.05, 0.1) is 6.04 Å². The molecule has 0 bridgehead atoms. The van der Waals surface area contributed by atoms with Gasteiger partial charge in [-0.2, -0.15) is 0 Å². The maximum absolute atomic E-state index is 12.1. The van der Waals surface area contributed by atoms with Gasteiger partial charge < -0.3 is 15.2 Å². The van der Waals surface area contributed by atoms with E-state index in [0.29, 0.717) is 4.47 Å². The Morgan fingerprint density at radius 3 is 2.52 bits per heavy atom. The van der Waals surface area contributed by atoms with E-state index in [1.807, 2.05) is 38.1 Å². The van der Waals surface area contributed by atoms with Gasteiger partial charge in [-0.1, -0.05) is 52.7 Å². The van der Waals surface area contributed by atoms with E-state index in [9.17, 15) is 14.7 Å². The van der Waals surface area contributed by atoms with Crippen molar-refractivity contribution in [2.24, 2.45) is 0 Å². The number of carbonyl (C=O) groups is 2. The lowest BCUT2D eigenvalue weighted by molar-refractivity contribution is -0.125. The van der Waals surface area contributed by atoms with Gasteiger partial charge >= 0.3 is 5.97 Å². The molecule has 2 rings (SSSR count). The van der Waals surface area contributed by atoms with E-state index in [1.54, 1.807) is 6.07 Å². The highest BCUT2D eigenvalue weighted by molar-refractivity contribution is 9.10. The summed E-state index contributed by atoms with van der Waals surface area (Å²) in [5.41, 5.74) is 2.15. The molecule has 0 radical (unpaired) electrons. The van der Waals surface area contributed by atoms with E-state index < -0.39 is 18.5 Å². The number of phenols is 1. The van der Waals surface area contributed by atoms with Crippen LogP contribution in [0.4, 0.5) is 0 Å². The lowest BCUT2D eigenvalue weighted by Crippen LogP contribution is -2.32. The molecular weight excluding hydrogens is 386 g/mol. The lowest BCUT2D eigenvalue weighted by Gasteiger charge is -2.17. The summed E-state index contributed by atoms with van der Waals surface area (Å²) in [6.07, 6.45) is 0.717. The van der Waals surface area contributed by atoms with Crippen LogP contribution in [0.25, 0.3) is 0 Å². The zero-order valence-electron chi connectivity index (χ0n) is 14.1. The van der Waals surface area contributed by atoms with E-state index in [0.717, 1.165) is 17.5 Å². The molecule has 6 heteroatoms. The molecule has 0 aromatic heterocycles. The first-order valence-corrected chi connectivity index (χ1v) is 8.71. The van der Waals surface area contributed by atoms with E-state index in [-0.39, 0.29) is 17.4 Å². The SMILES string of the molecule is CC[C@H](NC(=O)COC(=O)c1cc(Br)ccc1O)c1ccc(C)cc1. The summed E-state index contributed by atoms with van der Waals surface area (Å²) in [7, 11) is 0. The number of aromatic hydroxyl groups is 1. The highest BCUT2D eigenvalue weighted by Crippen LogP contribution is 2.22. The molecule has 0 fully saturated rings. The second kappa shape index (κ2) is 8.67. The number of amides is 1. The molecular formula is C19H20BrNO4. The summed E-state index contributed by atoms with van der Waals surface area (Å²) in [5, 5.41) is 12.6. The normalized spacial score (nSPS) is 11.6. The van der Waals surface area contributed by atoms with Crippen LogP contribution in [0.2, 0.25) is 0 Å². The maximum Gasteiger partial charge on any atom is 0.342 e. The average Bonchev–Trinajstić information content (AvgIpc) is 2.60. The van der Waals surface area contributed by atoms with E-state index >= 15 is 0 Å². The van der Waals surface area contributed by atoms with Crippen molar-refractivity contribution in [2.45, 2.75) is 26.3 Å². The number of phenolic OH excluding ortho intramolecular Hbond substituents is 1. The van der Waals surface area contributed by atoms with E-state index in [4.69, 9.17) is 4.74 Å². The molecule has 0 unspecified atom stereocenters. The first kappa shape index (κ1) is 19.0. The van der Waals surface area contributed by atoms with Gasteiger partial charge in [-0.25, -0.2) is 4.79 Å². The Hall–Kier alpha value is -2.34. The molecule has 0 saturated heterocycles. The molecule has 1 amide bonds. The monoisotopic (exact) mass is 405 g/mol. The fourth-order valence-electron chi connectivity index (χ4n) is 2.34. The van der Waals surface area contributed by atoms with Gasteiger partial charge in [0.1, 0.15) is 11.3 Å². The quantitative estimate of drug-likeness (QED) is 0.714. The molecule has 0 aliphatic heterocycles. The van der Waals surface area contributed by atoms with Crippen LogP contribution < -0.4 is 5.32 Å². The van der Waals surface area contributed by atoms with Crippen molar-refractivity contribution in [3.05, 3.63) is 63.6 Å². The van der Waals surface area contributed by atoms with Gasteiger partial charge in [0.2, 0.25) is 0 Å². The zero-order valence-corrected chi connectivity index (χ0v) is 15.7. The van der Waals surface area contributed by atoms with Gasteiger partial charge in [-0.15, -0.1) is 0 Å². The minimum absolute atomic E-state index is 0.00718. The predicted octanol–water partition coefficient (Wildman–Crippen LogP) is 3.89. The number of hydrogen-bond acceptors (Lipinski definition) is 4. The molecule has 2 aromatic rings. The highest BCUT2D eigenvalue weighted by atomic mass is 79.9. The smallest absolute Gasteiger partial charge is 0.342 e. The Balaban J connectivity index is 1.94. The van der Waals surface area contributed by atoms with Gasteiger partial charge in [-0.05, 0) is 37.1 Å². The molecule has 25 heavy (non-hydrogen) atoms. The van der Waals surface area contributed by atoms with Gasteiger partial charge in [-0.3, -0.25) is 4.79 Å². The fourth-order valence-corrected chi connectivity index (χ4v) is 2.70. The van der Waals surface area contributed by atoms with Crippen LogP contribution in [0.5, 0.6) is 5.75 Å². The van der Waals surface area contributed by atoms with Crippen LogP contribution in [-0.2, 0) is 9.53 Å². The molecule has 0 saturated carbocycles. The third-order valence-corrected chi connectivity index (χ3v) is 4.23. The molecule has 0 aliphatic carbocycles. The first-order valence-electron chi connectivity index (χ1n) is 7.92. The molecule has 2 N–H and O–H groups in total. The zero-order chi connectivity index (χ0) is 18.4. The summed E-state index contributed by atoms with van der Waals surface area (Å²) in [6, 6.07) is 12.2. The minimum atomic E-state index is -0.752. The summed E-state index contributed by atoms with van der Waals surface area (Å²) < 4.78 is 5.63. The standard InChI is InChI=1S/C19H20BrNO4/c1-3-16(13-6-4-12(2)5-7-13)21-18(23)11-25-19(24)15-10-14(20)8-9-17(15)22/h4-10,16,22H,3,11H2,1-2H3,(H,21,23)/t16-/m0/s1. The second-order valence-electron chi connectivity index (χ2n) is 5.68. The van der Waals surface area contributed by atoms with Crippen LogP contribution in [-0.4, -0.2) is 23.6 Å². The topological polar surface area (TPSA) is 75.6 Å². The van der Waals surface area contributed by atoms with Crippen molar-refractivity contribution in [1.29, 1.82) is 0 Å². The molecule has 0 spiro atoms. The molecule has 132 valence electrons. The first-order chi connectivity index (χ1) is 11.9. The molecule has 0 aliphatic rings. The van der Waals surface area contributed by atoms with Crippen molar-refractivity contribution < 1.29 is 19.4 Å². The van der Waals surface area contributed by atoms with Crippen molar-refractivity contribution >= 4 is 27.8 Å². The summed E-state index contributed by atoms with van der Waals surface area (Å²) >= 11 is 3.22. The Kier molecular flexibility index (Phi) is 6.58. The lowest BCUT2D eigenvalue weighted by atomic mass is 10.0. The summed E-state index contributed by atoms with van der Waals surface area (Å²) in [4.78, 5) is 24.1. The van der Waals surface area contributed by atoms with E-state index in [2.05, 4.69) is 21.2 Å². The maximum atomic E-state index is 12.1. The number of esters is 1. The number of halogens is 1. The van der Waals surface area contributed by atoms with Crippen molar-refractivity contribution in [2.75, 3.05) is 6.61 Å². The molecule has 2 aromatic carbocycles. The van der Waals surface area contributed by atoms with Crippen LogP contribution in [0.15, 0.2) is 46.9 Å². The van der Waals surface area contributed by atoms with Crippen LogP contribution in [0.1, 0.15) is 40.9 Å².